The molecule has 1 aliphatic carbocycles. The van der Waals surface area contributed by atoms with Gasteiger partial charge in [-0.1, -0.05) is 15.9 Å². The fraction of sp³-hybridized carbons (Fsp3) is 0.800. The third-order valence-electron chi connectivity index (χ3n) is 1.31. The van der Waals surface area contributed by atoms with Crippen LogP contribution in [0.5, 0.6) is 0 Å². The highest BCUT2D eigenvalue weighted by Gasteiger charge is 2.56. The minimum Gasteiger partial charge on any atom is -0.469 e. The fourth-order valence-corrected chi connectivity index (χ4v) is 1.37. The SMILES string of the molecule is COC(=O)C1CC1(Cl)Br. The lowest BCUT2D eigenvalue weighted by atomic mass is 10.4. The summed E-state index contributed by atoms with van der Waals surface area (Å²) in [7, 11) is 1.36. The van der Waals surface area contributed by atoms with Crippen LogP contribution >= 0.6 is 27.5 Å². The lowest BCUT2D eigenvalue weighted by molar-refractivity contribution is -0.142. The summed E-state index contributed by atoms with van der Waals surface area (Å²) in [6.45, 7) is 0. The molecule has 0 bridgehead atoms. The van der Waals surface area contributed by atoms with Crippen molar-refractivity contribution in [3.05, 3.63) is 0 Å². The zero-order valence-electron chi connectivity index (χ0n) is 4.86. The Morgan fingerprint density at radius 3 is 2.56 bits per heavy atom. The van der Waals surface area contributed by atoms with E-state index in [9.17, 15) is 4.79 Å². The summed E-state index contributed by atoms with van der Waals surface area (Å²) in [6.07, 6.45) is 0.668. The zero-order chi connectivity index (χ0) is 7.07. The van der Waals surface area contributed by atoms with E-state index in [0.717, 1.165) is 0 Å². The van der Waals surface area contributed by atoms with Crippen LogP contribution in [0.1, 0.15) is 6.42 Å². The molecule has 0 radical (unpaired) electrons. The first-order valence-corrected chi connectivity index (χ1v) is 3.70. The van der Waals surface area contributed by atoms with E-state index in [-0.39, 0.29) is 11.9 Å². The molecule has 1 aliphatic rings. The number of hydrogen-bond acceptors (Lipinski definition) is 2. The van der Waals surface area contributed by atoms with Crippen molar-refractivity contribution in [1.82, 2.24) is 0 Å². The molecule has 4 heteroatoms. The number of carbonyl (C=O) groups is 1. The van der Waals surface area contributed by atoms with Crippen LogP contribution < -0.4 is 0 Å². The zero-order valence-corrected chi connectivity index (χ0v) is 7.20. The van der Waals surface area contributed by atoms with Crippen LogP contribution in [0.25, 0.3) is 0 Å². The smallest absolute Gasteiger partial charge is 0.311 e. The van der Waals surface area contributed by atoms with Crippen molar-refractivity contribution >= 4 is 33.5 Å². The number of rotatable bonds is 1. The first kappa shape index (κ1) is 7.35. The number of halogens is 2. The van der Waals surface area contributed by atoms with E-state index in [2.05, 4.69) is 20.7 Å². The molecule has 0 aromatic carbocycles. The fourth-order valence-electron chi connectivity index (χ4n) is 0.611. The van der Waals surface area contributed by atoms with E-state index >= 15 is 0 Å². The molecular weight excluding hydrogens is 207 g/mol. The Kier molecular flexibility index (Phi) is 1.74. The Morgan fingerprint density at radius 2 is 2.44 bits per heavy atom. The van der Waals surface area contributed by atoms with E-state index in [1.165, 1.54) is 7.11 Å². The maximum atomic E-state index is 10.7. The number of alkyl halides is 2. The van der Waals surface area contributed by atoms with Crippen molar-refractivity contribution < 1.29 is 9.53 Å². The average molecular weight is 213 g/mol. The van der Waals surface area contributed by atoms with Gasteiger partial charge in [0, 0.05) is 0 Å². The summed E-state index contributed by atoms with van der Waals surface area (Å²) in [5.74, 6) is -0.383. The summed E-state index contributed by atoms with van der Waals surface area (Å²) in [4.78, 5) is 10.7. The van der Waals surface area contributed by atoms with Crippen molar-refractivity contribution in [3.63, 3.8) is 0 Å². The van der Waals surface area contributed by atoms with Crippen LogP contribution in [0.3, 0.4) is 0 Å². The predicted molar refractivity (Wildman–Crippen MR) is 37.6 cm³/mol. The van der Waals surface area contributed by atoms with Crippen LogP contribution in [-0.2, 0) is 9.53 Å². The minimum atomic E-state index is -0.500. The molecule has 0 heterocycles. The second kappa shape index (κ2) is 2.13. The van der Waals surface area contributed by atoms with Crippen LogP contribution in [0.4, 0.5) is 0 Å². The summed E-state index contributed by atoms with van der Waals surface area (Å²) in [6, 6.07) is 0. The van der Waals surface area contributed by atoms with E-state index in [1.54, 1.807) is 0 Å². The molecule has 0 aliphatic heterocycles. The number of ether oxygens (including phenoxy) is 1. The molecule has 1 fully saturated rings. The molecule has 0 amide bonds. The number of methoxy groups -OCH3 is 1. The van der Waals surface area contributed by atoms with E-state index in [1.807, 2.05) is 0 Å². The minimum absolute atomic E-state index is 0.149. The normalized spacial score (nSPS) is 40.1. The van der Waals surface area contributed by atoms with Gasteiger partial charge in [0.25, 0.3) is 0 Å². The number of carbonyl (C=O) groups excluding carboxylic acids is 1. The van der Waals surface area contributed by atoms with Gasteiger partial charge >= 0.3 is 5.97 Å². The lowest BCUT2D eigenvalue weighted by Crippen LogP contribution is -2.07. The molecule has 1 rings (SSSR count). The Morgan fingerprint density at radius 1 is 2.00 bits per heavy atom. The largest absolute Gasteiger partial charge is 0.469 e. The molecule has 0 spiro atoms. The van der Waals surface area contributed by atoms with Crippen LogP contribution in [-0.4, -0.2) is 16.9 Å². The quantitative estimate of drug-likeness (QED) is 0.487. The molecule has 2 nitrogen and oxygen atoms in total. The average Bonchev–Trinajstić information content (AvgIpc) is 2.38. The van der Waals surface area contributed by atoms with Gasteiger partial charge in [-0.05, 0) is 6.42 Å². The molecule has 0 N–H and O–H groups in total. The molecule has 0 aromatic rings. The van der Waals surface area contributed by atoms with Gasteiger partial charge in [-0.2, -0.15) is 0 Å². The van der Waals surface area contributed by atoms with E-state index in [4.69, 9.17) is 11.6 Å². The van der Waals surface area contributed by atoms with Crippen molar-refractivity contribution in [2.45, 2.75) is 10.2 Å². The summed E-state index contributed by atoms with van der Waals surface area (Å²) in [5, 5.41) is 0. The van der Waals surface area contributed by atoms with Crippen molar-refractivity contribution in [2.24, 2.45) is 5.92 Å². The Hall–Kier alpha value is 0.240. The van der Waals surface area contributed by atoms with Gasteiger partial charge in [-0.3, -0.25) is 4.79 Å². The lowest BCUT2D eigenvalue weighted by Gasteiger charge is -1.95. The maximum Gasteiger partial charge on any atom is 0.311 e. The summed E-state index contributed by atoms with van der Waals surface area (Å²) < 4.78 is 3.96. The molecule has 9 heavy (non-hydrogen) atoms. The molecule has 0 aromatic heterocycles. The highest BCUT2D eigenvalue weighted by Crippen LogP contribution is 2.55. The Bertz CT molecular complexity index is 146. The second-order valence-corrected chi connectivity index (χ2v) is 4.59. The van der Waals surface area contributed by atoms with Crippen LogP contribution in [0.15, 0.2) is 0 Å². The van der Waals surface area contributed by atoms with Crippen LogP contribution in [0.2, 0.25) is 0 Å². The van der Waals surface area contributed by atoms with Gasteiger partial charge < -0.3 is 4.74 Å². The summed E-state index contributed by atoms with van der Waals surface area (Å²) in [5.41, 5.74) is 0. The van der Waals surface area contributed by atoms with Crippen molar-refractivity contribution in [3.8, 4) is 0 Å². The number of hydrogen-bond donors (Lipinski definition) is 0. The predicted octanol–water partition coefficient (Wildman–Crippen LogP) is 1.51. The highest BCUT2D eigenvalue weighted by molar-refractivity contribution is 9.10. The third-order valence-corrected chi connectivity index (χ3v) is 2.61. The molecule has 52 valence electrons. The maximum absolute atomic E-state index is 10.7. The van der Waals surface area contributed by atoms with Gasteiger partial charge in [-0.25, -0.2) is 0 Å². The first-order chi connectivity index (χ1) is 4.08. The van der Waals surface area contributed by atoms with Crippen molar-refractivity contribution in [1.29, 1.82) is 0 Å². The first-order valence-electron chi connectivity index (χ1n) is 2.53. The topological polar surface area (TPSA) is 26.3 Å². The molecule has 1 saturated carbocycles. The van der Waals surface area contributed by atoms with Gasteiger partial charge in [0.15, 0.2) is 0 Å². The van der Waals surface area contributed by atoms with Gasteiger partial charge in [-0.15, -0.1) is 11.6 Å². The van der Waals surface area contributed by atoms with Crippen LogP contribution in [0, 0.1) is 5.92 Å². The second-order valence-electron chi connectivity index (χ2n) is 2.04. The molecule has 2 unspecified atom stereocenters. The van der Waals surface area contributed by atoms with Gasteiger partial charge in [0.2, 0.25) is 0 Å². The molecule has 0 saturated heterocycles. The summed E-state index contributed by atoms with van der Waals surface area (Å²) >= 11 is 8.86. The van der Waals surface area contributed by atoms with Gasteiger partial charge in [0.1, 0.15) is 3.78 Å². The third kappa shape index (κ3) is 1.38. The highest BCUT2D eigenvalue weighted by atomic mass is 79.9. The Balaban J connectivity index is 2.42. The monoisotopic (exact) mass is 212 g/mol. The Labute approximate surface area is 66.6 Å². The van der Waals surface area contributed by atoms with E-state index < -0.39 is 3.78 Å². The molecular formula is C5H6BrClO2. The van der Waals surface area contributed by atoms with Crippen molar-refractivity contribution in [2.75, 3.05) is 7.11 Å². The van der Waals surface area contributed by atoms with Gasteiger partial charge in [0.05, 0.1) is 13.0 Å². The molecule has 2 atom stereocenters. The standard InChI is InChI=1S/C5H6BrClO2/c1-9-4(8)3-2-5(3,6)7/h3H,2H2,1H3. The van der Waals surface area contributed by atoms with E-state index in [0.29, 0.717) is 6.42 Å². The number of esters is 1.